The minimum absolute atomic E-state index is 1.35. The average Bonchev–Trinajstić information content (AvgIpc) is 2.74. The molecule has 0 amide bonds. The van der Waals surface area contributed by atoms with Gasteiger partial charge < -0.3 is 0 Å². The lowest BCUT2D eigenvalue weighted by Gasteiger charge is -2.31. The summed E-state index contributed by atoms with van der Waals surface area (Å²) in [5.41, 5.74) is 22.0. The van der Waals surface area contributed by atoms with Crippen molar-refractivity contribution in [3.63, 3.8) is 0 Å². The van der Waals surface area contributed by atoms with Gasteiger partial charge in [-0.05, 0) is 144 Å². The van der Waals surface area contributed by atoms with Crippen molar-refractivity contribution in [3.8, 4) is 44.5 Å². The Kier molecular flexibility index (Phi) is 4.67. The van der Waals surface area contributed by atoms with Gasteiger partial charge in [0.25, 0.3) is 0 Å². The van der Waals surface area contributed by atoms with Gasteiger partial charge >= 0.3 is 0 Å². The number of hydrogen-bond donors (Lipinski definition) is 0. The van der Waals surface area contributed by atoms with E-state index >= 15 is 0 Å². The summed E-state index contributed by atoms with van der Waals surface area (Å²) in [5.74, 6) is 0. The van der Waals surface area contributed by atoms with E-state index in [9.17, 15) is 0 Å². The van der Waals surface area contributed by atoms with E-state index in [1.54, 1.807) is 0 Å². The molecule has 0 nitrogen and oxygen atoms in total. The lowest BCUT2D eigenvalue weighted by molar-refractivity contribution is 1.29. The first-order valence-corrected chi connectivity index (χ1v) is 11.6. The third-order valence-electron chi connectivity index (χ3n) is 7.49. The van der Waals surface area contributed by atoms with Gasteiger partial charge in [-0.15, -0.1) is 0 Å². The molecule has 0 bridgehead atoms. The highest BCUT2D eigenvalue weighted by molar-refractivity contribution is 6.08. The molecule has 0 heteroatoms. The number of rotatable bonds is 0. The summed E-state index contributed by atoms with van der Waals surface area (Å²) in [6.07, 6.45) is 0. The smallest absolute Gasteiger partial charge is 0.00641 e. The molecule has 0 saturated heterocycles. The lowest BCUT2D eigenvalue weighted by Crippen LogP contribution is -2.07. The van der Waals surface area contributed by atoms with E-state index in [1.807, 2.05) is 0 Å². The van der Waals surface area contributed by atoms with Gasteiger partial charge in [0.1, 0.15) is 0 Å². The van der Waals surface area contributed by atoms with Crippen LogP contribution in [0.25, 0.3) is 44.5 Å². The first kappa shape index (κ1) is 20.8. The first-order chi connectivity index (χ1) is 15.2. The number of fused-ring (bicyclic) bond motifs is 8. The van der Waals surface area contributed by atoms with E-state index < -0.39 is 0 Å². The van der Waals surface area contributed by atoms with Crippen LogP contribution in [0.5, 0.6) is 0 Å². The Morgan fingerprint density at radius 2 is 0.312 bits per heavy atom. The number of benzene rings is 4. The second kappa shape index (κ2) is 7.20. The quantitative estimate of drug-likeness (QED) is 0.236. The van der Waals surface area contributed by atoms with Crippen molar-refractivity contribution in [2.45, 2.75) is 55.4 Å². The van der Waals surface area contributed by atoms with Crippen molar-refractivity contribution in [3.05, 3.63) is 93.0 Å². The second-order valence-electron chi connectivity index (χ2n) is 9.80. The van der Waals surface area contributed by atoms with Crippen LogP contribution in [0.4, 0.5) is 0 Å². The van der Waals surface area contributed by atoms with Crippen LogP contribution in [0.15, 0.2) is 48.5 Å². The molecule has 0 aromatic heterocycles. The second-order valence-corrected chi connectivity index (χ2v) is 9.80. The van der Waals surface area contributed by atoms with Crippen molar-refractivity contribution in [2.75, 3.05) is 0 Å². The molecular formula is C32H32. The van der Waals surface area contributed by atoms with Crippen molar-refractivity contribution in [1.82, 2.24) is 0 Å². The van der Waals surface area contributed by atoms with E-state index in [0.717, 1.165) is 0 Å². The Morgan fingerprint density at radius 3 is 0.406 bits per heavy atom. The molecule has 0 atom stereocenters. The molecule has 5 rings (SSSR count). The highest BCUT2D eigenvalue weighted by Gasteiger charge is 2.29. The minimum Gasteiger partial charge on any atom is -0.0584 e. The maximum absolute atomic E-state index is 2.30. The molecule has 0 N–H and O–H groups in total. The monoisotopic (exact) mass is 416 g/mol. The Morgan fingerprint density at radius 1 is 0.219 bits per heavy atom. The van der Waals surface area contributed by atoms with E-state index in [2.05, 4.69) is 104 Å². The molecule has 0 unspecified atom stereocenters. The zero-order valence-corrected chi connectivity index (χ0v) is 20.6. The van der Waals surface area contributed by atoms with Crippen LogP contribution in [0, 0.1) is 55.4 Å². The minimum atomic E-state index is 1.35. The van der Waals surface area contributed by atoms with Crippen LogP contribution < -0.4 is 0 Å². The van der Waals surface area contributed by atoms with Gasteiger partial charge in [-0.25, -0.2) is 0 Å². The van der Waals surface area contributed by atoms with Crippen molar-refractivity contribution in [2.24, 2.45) is 0 Å². The lowest BCUT2D eigenvalue weighted by atomic mass is 9.72. The summed E-state index contributed by atoms with van der Waals surface area (Å²) >= 11 is 0. The molecule has 0 spiro atoms. The van der Waals surface area contributed by atoms with Gasteiger partial charge in [-0.3, -0.25) is 0 Å². The Bertz CT molecular complexity index is 1070. The highest BCUT2D eigenvalue weighted by atomic mass is 14.3. The van der Waals surface area contributed by atoms with E-state index in [0.29, 0.717) is 0 Å². The predicted octanol–water partition coefficient (Wildman–Crippen LogP) is 9.14. The maximum atomic E-state index is 2.30. The van der Waals surface area contributed by atoms with Gasteiger partial charge in [-0.1, -0.05) is 48.5 Å². The normalized spacial score (nSPS) is 11.8. The van der Waals surface area contributed by atoms with Crippen LogP contribution in [0.2, 0.25) is 0 Å². The van der Waals surface area contributed by atoms with Crippen LogP contribution in [0.1, 0.15) is 44.5 Å². The largest absolute Gasteiger partial charge is 0.0584 e. The van der Waals surface area contributed by atoms with Gasteiger partial charge in [0.15, 0.2) is 0 Å². The van der Waals surface area contributed by atoms with E-state index in [4.69, 9.17) is 0 Å². The fourth-order valence-electron chi connectivity index (χ4n) is 5.82. The maximum Gasteiger partial charge on any atom is -0.00641 e. The summed E-state index contributed by atoms with van der Waals surface area (Å²) in [4.78, 5) is 0. The molecule has 32 heavy (non-hydrogen) atoms. The van der Waals surface area contributed by atoms with Crippen LogP contribution in [0.3, 0.4) is 0 Å². The molecule has 0 fully saturated rings. The van der Waals surface area contributed by atoms with E-state index in [1.165, 1.54) is 89.0 Å². The molecule has 0 radical (unpaired) electrons. The number of hydrogen-bond acceptors (Lipinski definition) is 0. The zero-order valence-electron chi connectivity index (χ0n) is 20.6. The van der Waals surface area contributed by atoms with Gasteiger partial charge in [0, 0.05) is 0 Å². The third-order valence-corrected chi connectivity index (χ3v) is 7.49. The molecular weight excluding hydrogens is 384 g/mol. The van der Waals surface area contributed by atoms with E-state index in [-0.39, 0.29) is 0 Å². The predicted molar refractivity (Wildman–Crippen MR) is 140 cm³/mol. The molecule has 0 aliphatic heterocycles. The van der Waals surface area contributed by atoms with Gasteiger partial charge in [-0.2, -0.15) is 0 Å². The summed E-state index contributed by atoms with van der Waals surface area (Å²) in [5, 5.41) is 0. The molecule has 4 aromatic rings. The van der Waals surface area contributed by atoms with Crippen molar-refractivity contribution >= 4 is 0 Å². The standard InChI is InChI=1S/C32H32/c1-17-9-10-18(2)26-25(17)27-19(3)11-12-20(4)29(27)31-23(7)15-16-24(8)32(31)30-22(6)14-13-21(5)28(26)30/h9-16H,1-8H3. The topological polar surface area (TPSA) is 0 Å². The Hall–Kier alpha value is -3.12. The summed E-state index contributed by atoms with van der Waals surface area (Å²) in [7, 11) is 0. The van der Waals surface area contributed by atoms with Gasteiger partial charge in [0.05, 0.1) is 0 Å². The molecule has 1 aliphatic carbocycles. The molecule has 160 valence electrons. The SMILES string of the molecule is Cc1ccc(C)c2c1-c1c(C)ccc(C)c1-c1c(C)ccc(C)c1-c1c(C)ccc(C)c1-2. The molecule has 1 aliphatic rings. The fourth-order valence-corrected chi connectivity index (χ4v) is 5.82. The fraction of sp³-hybridized carbons (Fsp3) is 0.250. The van der Waals surface area contributed by atoms with Crippen LogP contribution in [-0.2, 0) is 0 Å². The summed E-state index contributed by atoms with van der Waals surface area (Å²) in [6.45, 7) is 18.2. The van der Waals surface area contributed by atoms with Crippen LogP contribution >= 0.6 is 0 Å². The molecule has 0 saturated carbocycles. The third kappa shape index (κ3) is 2.75. The van der Waals surface area contributed by atoms with Crippen molar-refractivity contribution < 1.29 is 0 Å². The first-order valence-electron chi connectivity index (χ1n) is 11.6. The van der Waals surface area contributed by atoms with Gasteiger partial charge in [0.2, 0.25) is 0 Å². The van der Waals surface area contributed by atoms with Crippen molar-refractivity contribution in [1.29, 1.82) is 0 Å². The average molecular weight is 417 g/mol. The number of aryl methyl sites for hydroxylation is 8. The highest BCUT2D eigenvalue weighted by Crippen LogP contribution is 2.54. The summed E-state index contributed by atoms with van der Waals surface area (Å²) < 4.78 is 0. The molecule has 4 aromatic carbocycles. The summed E-state index contributed by atoms with van der Waals surface area (Å²) in [6, 6.07) is 18.4. The Balaban J connectivity index is 2.20. The Labute approximate surface area is 193 Å². The van der Waals surface area contributed by atoms with Crippen LogP contribution in [-0.4, -0.2) is 0 Å². The molecule has 0 heterocycles. The zero-order chi connectivity index (χ0) is 22.9.